The summed E-state index contributed by atoms with van der Waals surface area (Å²) in [7, 11) is 3.48. The molecule has 25 heavy (non-hydrogen) atoms. The first kappa shape index (κ1) is 17.5. The van der Waals surface area contributed by atoms with Crippen LogP contribution in [0.25, 0.3) is 0 Å². The molecule has 134 valence electrons. The highest BCUT2D eigenvalue weighted by atomic mass is 16.5. The van der Waals surface area contributed by atoms with Crippen LogP contribution < -0.4 is 10.6 Å². The number of rotatable bonds is 6. The Morgan fingerprint density at radius 2 is 2.00 bits per heavy atom. The molecule has 0 spiro atoms. The number of benzene rings is 1. The van der Waals surface area contributed by atoms with Gasteiger partial charge in [0.1, 0.15) is 5.82 Å². The summed E-state index contributed by atoms with van der Waals surface area (Å²) < 4.78 is 6.74. The molecule has 6 heteroatoms. The predicted octanol–water partition coefficient (Wildman–Crippen LogP) is 2.54. The van der Waals surface area contributed by atoms with Crippen molar-refractivity contribution >= 4 is 11.8 Å². The highest BCUT2D eigenvalue weighted by Gasteiger charge is 2.32. The molecule has 0 unspecified atom stereocenters. The van der Waals surface area contributed by atoms with Crippen LogP contribution in [0.3, 0.4) is 0 Å². The van der Waals surface area contributed by atoms with Crippen LogP contribution in [0.2, 0.25) is 0 Å². The Kier molecular flexibility index (Phi) is 5.08. The first-order valence-corrected chi connectivity index (χ1v) is 8.63. The highest BCUT2D eigenvalue weighted by Crippen LogP contribution is 2.35. The minimum absolute atomic E-state index is 0.0666. The molecule has 0 bridgehead atoms. The molecule has 2 N–H and O–H groups in total. The lowest BCUT2D eigenvalue weighted by Gasteiger charge is -2.24. The summed E-state index contributed by atoms with van der Waals surface area (Å²) in [6, 6.07) is 10.2. The van der Waals surface area contributed by atoms with Crippen LogP contribution in [-0.4, -0.2) is 36.1 Å². The second kappa shape index (κ2) is 7.27. The monoisotopic (exact) mass is 342 g/mol. The fourth-order valence-electron chi connectivity index (χ4n) is 3.44. The molecule has 0 saturated heterocycles. The largest absolute Gasteiger partial charge is 0.384 e. The van der Waals surface area contributed by atoms with E-state index >= 15 is 0 Å². The van der Waals surface area contributed by atoms with Crippen molar-refractivity contribution in [3.8, 4) is 0 Å². The Hall–Kier alpha value is -2.34. The van der Waals surface area contributed by atoms with E-state index in [9.17, 15) is 4.79 Å². The number of urea groups is 1. The minimum atomic E-state index is -0.196. The van der Waals surface area contributed by atoms with E-state index in [1.807, 2.05) is 13.1 Å². The van der Waals surface area contributed by atoms with Gasteiger partial charge in [-0.2, -0.15) is 5.10 Å². The molecule has 0 fully saturated rings. The SMILES string of the molecule is COCCc1cc(NC(=O)NCC2(C)Cc3ccccc3C2)n(C)n1. The van der Waals surface area contributed by atoms with Crippen molar-refractivity contribution in [1.29, 1.82) is 0 Å². The Labute approximate surface area is 148 Å². The Balaban J connectivity index is 1.53. The van der Waals surface area contributed by atoms with Gasteiger partial charge in [-0.15, -0.1) is 0 Å². The molecule has 0 saturated carbocycles. The van der Waals surface area contributed by atoms with Crippen LogP contribution >= 0.6 is 0 Å². The maximum atomic E-state index is 12.3. The highest BCUT2D eigenvalue weighted by molar-refractivity contribution is 5.88. The summed E-state index contributed by atoms with van der Waals surface area (Å²) in [5.74, 6) is 0.684. The van der Waals surface area contributed by atoms with Crippen molar-refractivity contribution in [1.82, 2.24) is 15.1 Å². The number of carbonyl (C=O) groups is 1. The number of aromatic nitrogens is 2. The van der Waals surface area contributed by atoms with Crippen LogP contribution in [0.4, 0.5) is 10.6 Å². The van der Waals surface area contributed by atoms with Gasteiger partial charge in [-0.25, -0.2) is 4.79 Å². The van der Waals surface area contributed by atoms with Crippen LogP contribution in [-0.2, 0) is 31.0 Å². The zero-order chi connectivity index (χ0) is 17.9. The molecule has 0 radical (unpaired) electrons. The average molecular weight is 342 g/mol. The molecule has 1 aromatic heterocycles. The third kappa shape index (κ3) is 4.20. The number of amides is 2. The Morgan fingerprint density at radius 3 is 2.64 bits per heavy atom. The van der Waals surface area contributed by atoms with Gasteiger partial charge >= 0.3 is 6.03 Å². The van der Waals surface area contributed by atoms with E-state index in [0.29, 0.717) is 19.0 Å². The summed E-state index contributed by atoms with van der Waals surface area (Å²) in [4.78, 5) is 12.3. The second-order valence-corrected chi connectivity index (χ2v) is 7.13. The van der Waals surface area contributed by atoms with Crippen molar-refractivity contribution < 1.29 is 9.53 Å². The molecule has 1 heterocycles. The smallest absolute Gasteiger partial charge is 0.320 e. The van der Waals surface area contributed by atoms with E-state index in [-0.39, 0.29) is 11.4 Å². The van der Waals surface area contributed by atoms with E-state index in [4.69, 9.17) is 4.74 Å². The van der Waals surface area contributed by atoms with Crippen molar-refractivity contribution in [2.75, 3.05) is 25.6 Å². The van der Waals surface area contributed by atoms with E-state index in [1.54, 1.807) is 11.8 Å². The van der Waals surface area contributed by atoms with Crippen LogP contribution in [0.1, 0.15) is 23.7 Å². The Bertz CT molecular complexity index is 729. The molecule has 3 rings (SSSR count). The maximum absolute atomic E-state index is 12.3. The molecule has 6 nitrogen and oxygen atoms in total. The fourth-order valence-corrected chi connectivity index (χ4v) is 3.44. The van der Waals surface area contributed by atoms with Gasteiger partial charge in [-0.1, -0.05) is 31.2 Å². The van der Waals surface area contributed by atoms with Gasteiger partial charge in [0.15, 0.2) is 0 Å². The molecule has 0 atom stereocenters. The summed E-state index contributed by atoms with van der Waals surface area (Å²) >= 11 is 0. The van der Waals surface area contributed by atoms with Crippen molar-refractivity contribution in [3.05, 3.63) is 47.2 Å². The molecule has 0 aliphatic heterocycles. The summed E-state index contributed by atoms with van der Waals surface area (Å²) in [5.41, 5.74) is 3.75. The molecular weight excluding hydrogens is 316 g/mol. The summed E-state index contributed by atoms with van der Waals surface area (Å²) in [5, 5.41) is 10.3. The number of nitrogens with zero attached hydrogens (tertiary/aromatic N) is 2. The minimum Gasteiger partial charge on any atom is -0.384 e. The van der Waals surface area contributed by atoms with E-state index in [0.717, 1.165) is 25.0 Å². The molecule has 1 aromatic carbocycles. The molecule has 2 aromatic rings. The fraction of sp³-hybridized carbons (Fsp3) is 0.474. The van der Waals surface area contributed by atoms with E-state index < -0.39 is 0 Å². The van der Waals surface area contributed by atoms with Crippen molar-refractivity contribution in [2.24, 2.45) is 12.5 Å². The van der Waals surface area contributed by atoms with Gasteiger partial charge in [0.05, 0.1) is 12.3 Å². The lowest BCUT2D eigenvalue weighted by molar-refractivity contribution is 0.201. The summed E-state index contributed by atoms with van der Waals surface area (Å²) in [6.45, 7) is 3.48. The van der Waals surface area contributed by atoms with E-state index in [2.05, 4.69) is 46.9 Å². The lowest BCUT2D eigenvalue weighted by Crippen LogP contribution is -2.38. The standard InChI is InChI=1S/C19H26N4O2/c1-19(11-14-6-4-5-7-15(14)12-19)13-20-18(24)21-17-10-16(8-9-25-3)22-23(17)2/h4-7,10H,8-9,11-13H2,1-3H3,(H2,20,21,24). The van der Waals surface area contributed by atoms with Gasteiger partial charge in [-0.3, -0.25) is 10.00 Å². The first-order valence-electron chi connectivity index (χ1n) is 8.63. The molecule has 2 amide bonds. The van der Waals surface area contributed by atoms with Crippen LogP contribution in [0.5, 0.6) is 0 Å². The molecule has 1 aliphatic rings. The number of nitrogens with one attached hydrogen (secondary N) is 2. The predicted molar refractivity (Wildman–Crippen MR) is 97.8 cm³/mol. The van der Waals surface area contributed by atoms with Crippen molar-refractivity contribution in [3.63, 3.8) is 0 Å². The number of ether oxygens (including phenoxy) is 1. The van der Waals surface area contributed by atoms with Crippen LogP contribution in [0, 0.1) is 5.41 Å². The topological polar surface area (TPSA) is 68.2 Å². The number of methoxy groups -OCH3 is 1. The number of hydrogen-bond acceptors (Lipinski definition) is 3. The molecular formula is C19H26N4O2. The number of carbonyl (C=O) groups excluding carboxylic acids is 1. The number of fused-ring (bicyclic) bond motifs is 1. The number of aryl methyl sites for hydroxylation is 1. The number of hydrogen-bond donors (Lipinski definition) is 2. The zero-order valence-corrected chi connectivity index (χ0v) is 15.1. The Morgan fingerprint density at radius 1 is 1.32 bits per heavy atom. The van der Waals surface area contributed by atoms with Gasteiger partial charge in [-0.05, 0) is 29.4 Å². The van der Waals surface area contributed by atoms with Crippen LogP contribution in [0.15, 0.2) is 30.3 Å². The number of anilines is 1. The maximum Gasteiger partial charge on any atom is 0.320 e. The third-order valence-corrected chi connectivity index (χ3v) is 4.76. The van der Waals surface area contributed by atoms with E-state index in [1.165, 1.54) is 11.1 Å². The summed E-state index contributed by atoms with van der Waals surface area (Å²) in [6.07, 6.45) is 2.72. The zero-order valence-electron chi connectivity index (χ0n) is 15.1. The average Bonchev–Trinajstić information content (AvgIpc) is 3.10. The normalized spacial score (nSPS) is 15.0. The van der Waals surface area contributed by atoms with Gasteiger partial charge in [0, 0.05) is 33.2 Å². The van der Waals surface area contributed by atoms with Gasteiger partial charge in [0.25, 0.3) is 0 Å². The van der Waals surface area contributed by atoms with Crippen molar-refractivity contribution in [2.45, 2.75) is 26.2 Å². The second-order valence-electron chi connectivity index (χ2n) is 7.13. The van der Waals surface area contributed by atoms with Gasteiger partial charge in [0.2, 0.25) is 0 Å². The molecule has 1 aliphatic carbocycles. The van der Waals surface area contributed by atoms with Gasteiger partial charge < -0.3 is 10.1 Å². The lowest BCUT2D eigenvalue weighted by atomic mass is 9.87. The third-order valence-electron chi connectivity index (χ3n) is 4.76. The first-order chi connectivity index (χ1) is 12.0. The quantitative estimate of drug-likeness (QED) is 0.848.